The number of pyridine rings is 2. The molecule has 14 heteroatoms. The van der Waals surface area contributed by atoms with E-state index in [-0.39, 0.29) is 35.9 Å². The average molecular weight is 656 g/mol. The van der Waals surface area contributed by atoms with E-state index in [1.165, 1.54) is 41.0 Å². The van der Waals surface area contributed by atoms with Crippen molar-refractivity contribution in [2.75, 3.05) is 0 Å². The van der Waals surface area contributed by atoms with Gasteiger partial charge in [0, 0.05) is 18.3 Å². The number of benzene rings is 1. The molecular formula is C32H26F5N5O3S. The normalized spacial score (nSPS) is 21.4. The number of allylic oxidation sites excluding steroid dienone is 1. The summed E-state index contributed by atoms with van der Waals surface area (Å²) in [5.41, 5.74) is -0.517. The van der Waals surface area contributed by atoms with Crippen LogP contribution in [-0.2, 0) is 22.6 Å². The average Bonchev–Trinajstić information content (AvgIpc) is 3.78. The highest BCUT2D eigenvalue weighted by Crippen LogP contribution is 2.53. The second-order valence-electron chi connectivity index (χ2n) is 11.9. The van der Waals surface area contributed by atoms with E-state index in [4.69, 9.17) is 0 Å². The van der Waals surface area contributed by atoms with Gasteiger partial charge in [-0.05, 0) is 98.7 Å². The van der Waals surface area contributed by atoms with Gasteiger partial charge >= 0.3 is 6.18 Å². The summed E-state index contributed by atoms with van der Waals surface area (Å²) in [6, 6.07) is 7.75. The number of nitrogens with zero attached hydrogens (tertiary/aromatic N) is 5. The lowest BCUT2D eigenvalue weighted by Crippen LogP contribution is -2.51. The Kier molecular flexibility index (Phi) is 7.20. The van der Waals surface area contributed by atoms with Crippen LogP contribution in [0.2, 0.25) is 0 Å². The Bertz CT molecular complexity index is 1970. The minimum Gasteiger partial charge on any atom is -0.291 e. The third-order valence-electron chi connectivity index (χ3n) is 9.00. The van der Waals surface area contributed by atoms with E-state index < -0.39 is 50.8 Å². The topological polar surface area (TPSA) is 98.1 Å². The molecule has 4 aromatic rings. The number of aromatic nitrogens is 4. The smallest absolute Gasteiger partial charge is 0.291 e. The maximum atomic E-state index is 14.5. The SMILES string of the molecule is O=C(c1cc(C(F)(F)F)ccn1)[C@]12Cc3cnn(-c4ccc(F)nc4)c3C=C1CC[C@H](N(C1CC1)S(=O)(=O)c1ccc(F)cc1)C2. The van der Waals surface area contributed by atoms with Crippen LogP contribution in [0.3, 0.4) is 0 Å². The first kappa shape index (κ1) is 30.4. The van der Waals surface area contributed by atoms with Crippen molar-refractivity contribution in [1.29, 1.82) is 0 Å². The van der Waals surface area contributed by atoms with Gasteiger partial charge < -0.3 is 0 Å². The quantitative estimate of drug-likeness (QED) is 0.134. The summed E-state index contributed by atoms with van der Waals surface area (Å²) < 4.78 is 99.2. The van der Waals surface area contributed by atoms with E-state index in [9.17, 15) is 35.2 Å². The lowest BCUT2D eigenvalue weighted by Gasteiger charge is -2.46. The van der Waals surface area contributed by atoms with E-state index in [0.717, 1.165) is 30.5 Å². The molecule has 3 aromatic heterocycles. The number of alkyl halides is 3. The molecule has 0 aliphatic heterocycles. The van der Waals surface area contributed by atoms with Gasteiger partial charge in [0.15, 0.2) is 5.78 Å². The summed E-state index contributed by atoms with van der Waals surface area (Å²) in [4.78, 5) is 22.2. The second kappa shape index (κ2) is 10.9. The molecule has 0 unspecified atom stereocenters. The zero-order valence-electron chi connectivity index (χ0n) is 24.1. The number of ketones is 1. The molecule has 2 atom stereocenters. The van der Waals surface area contributed by atoms with Gasteiger partial charge in [0.1, 0.15) is 11.5 Å². The predicted octanol–water partition coefficient (Wildman–Crippen LogP) is 6.17. The van der Waals surface area contributed by atoms with Gasteiger partial charge in [-0.15, -0.1) is 0 Å². The summed E-state index contributed by atoms with van der Waals surface area (Å²) in [5, 5.41) is 4.44. The third-order valence-corrected chi connectivity index (χ3v) is 11.0. The monoisotopic (exact) mass is 655 g/mol. The first-order valence-electron chi connectivity index (χ1n) is 14.6. The molecule has 7 rings (SSSR count). The van der Waals surface area contributed by atoms with Crippen molar-refractivity contribution in [2.45, 2.75) is 61.7 Å². The molecular weight excluding hydrogens is 629 g/mol. The zero-order valence-corrected chi connectivity index (χ0v) is 24.9. The lowest BCUT2D eigenvalue weighted by molar-refractivity contribution is -0.137. The van der Waals surface area contributed by atoms with Gasteiger partial charge in [0.25, 0.3) is 0 Å². The number of sulfonamides is 1. The van der Waals surface area contributed by atoms with Crippen LogP contribution in [0.4, 0.5) is 22.0 Å². The van der Waals surface area contributed by atoms with E-state index in [2.05, 4.69) is 15.1 Å². The minimum atomic E-state index is -4.71. The summed E-state index contributed by atoms with van der Waals surface area (Å²) in [5.74, 6) is -1.90. The Hall–Kier alpha value is -4.30. The van der Waals surface area contributed by atoms with Crippen molar-refractivity contribution in [1.82, 2.24) is 24.1 Å². The summed E-state index contributed by atoms with van der Waals surface area (Å²) in [7, 11) is -4.11. The molecule has 8 nitrogen and oxygen atoms in total. The minimum absolute atomic E-state index is 0.00472. The Morgan fingerprint density at radius 1 is 0.957 bits per heavy atom. The van der Waals surface area contributed by atoms with Gasteiger partial charge in [-0.1, -0.05) is 5.57 Å². The van der Waals surface area contributed by atoms with Crippen LogP contribution in [0.25, 0.3) is 11.8 Å². The van der Waals surface area contributed by atoms with Gasteiger partial charge in [0.05, 0.1) is 39.6 Å². The van der Waals surface area contributed by atoms with Gasteiger partial charge in [-0.3, -0.25) is 9.78 Å². The van der Waals surface area contributed by atoms with Crippen LogP contribution in [-0.4, -0.2) is 50.3 Å². The summed E-state index contributed by atoms with van der Waals surface area (Å²) in [6.07, 6.45) is 2.71. The number of hydrogen-bond donors (Lipinski definition) is 0. The lowest BCUT2D eigenvalue weighted by atomic mass is 9.60. The number of fused-ring (bicyclic) bond motifs is 2. The highest BCUT2D eigenvalue weighted by Gasteiger charge is 2.54. The van der Waals surface area contributed by atoms with Crippen LogP contribution in [0, 0.1) is 17.2 Å². The van der Waals surface area contributed by atoms with E-state index in [1.807, 2.05) is 0 Å². The molecule has 0 spiro atoms. The Morgan fingerprint density at radius 3 is 2.39 bits per heavy atom. The fourth-order valence-electron chi connectivity index (χ4n) is 6.72. The molecule has 2 saturated carbocycles. The first-order chi connectivity index (χ1) is 21.9. The molecule has 238 valence electrons. The van der Waals surface area contributed by atoms with Gasteiger partial charge in [0.2, 0.25) is 16.0 Å². The zero-order chi connectivity index (χ0) is 32.4. The Balaban J connectivity index is 1.33. The number of Topliss-reactive ketones (excluding diaryl/α,β-unsaturated/α-hetero) is 1. The van der Waals surface area contributed by atoms with Gasteiger partial charge in [-0.25, -0.2) is 22.5 Å². The molecule has 0 N–H and O–H groups in total. The summed E-state index contributed by atoms with van der Waals surface area (Å²) >= 11 is 0. The molecule has 0 amide bonds. The van der Waals surface area contributed by atoms with E-state index in [1.54, 1.807) is 10.8 Å². The highest BCUT2D eigenvalue weighted by molar-refractivity contribution is 7.89. The van der Waals surface area contributed by atoms with Crippen molar-refractivity contribution in [3.63, 3.8) is 0 Å². The van der Waals surface area contributed by atoms with Crippen LogP contribution < -0.4 is 0 Å². The molecule has 1 aromatic carbocycles. The molecule has 3 aliphatic rings. The van der Waals surface area contributed by atoms with Crippen molar-refractivity contribution < 1.29 is 35.2 Å². The number of hydrogen-bond acceptors (Lipinski definition) is 6. The van der Waals surface area contributed by atoms with E-state index in [0.29, 0.717) is 41.8 Å². The number of carbonyl (C=O) groups is 1. The third kappa shape index (κ3) is 5.22. The molecule has 2 fully saturated rings. The van der Waals surface area contributed by atoms with Crippen molar-refractivity contribution >= 4 is 21.9 Å². The van der Waals surface area contributed by atoms with Crippen LogP contribution in [0.1, 0.15) is 59.4 Å². The maximum absolute atomic E-state index is 14.5. The fraction of sp³-hybridized carbons (Fsp3) is 0.312. The number of carbonyl (C=O) groups excluding carboxylic acids is 1. The summed E-state index contributed by atoms with van der Waals surface area (Å²) in [6.45, 7) is 0. The standard InChI is InChI=1S/C32H26F5N5O3S/c33-22-2-8-26(9-3-22)46(44,45)42(23-5-6-23)24-4-1-20-14-28-19(17-40-41(28)25-7-10-29(34)39-18-25)15-31(20,16-24)30(43)27-13-21(11-12-38-27)32(35,36)37/h2-3,7-14,17-18,23-24H,1,4-6,15-16H2/t24-,31-/m0/s1. The van der Waals surface area contributed by atoms with E-state index >= 15 is 0 Å². The second-order valence-corrected chi connectivity index (χ2v) is 13.8. The Morgan fingerprint density at radius 2 is 1.72 bits per heavy atom. The molecule has 3 heterocycles. The van der Waals surface area contributed by atoms with Crippen LogP contribution in [0.15, 0.2) is 77.6 Å². The molecule has 0 radical (unpaired) electrons. The number of rotatable bonds is 7. The molecule has 0 bridgehead atoms. The maximum Gasteiger partial charge on any atom is 0.416 e. The first-order valence-corrected chi connectivity index (χ1v) is 16.1. The molecule has 3 aliphatic carbocycles. The fourth-order valence-corrected chi connectivity index (χ4v) is 8.62. The molecule has 46 heavy (non-hydrogen) atoms. The van der Waals surface area contributed by atoms with Crippen LogP contribution in [0.5, 0.6) is 0 Å². The van der Waals surface area contributed by atoms with Gasteiger partial charge in [-0.2, -0.15) is 27.0 Å². The highest BCUT2D eigenvalue weighted by atomic mass is 32.2. The number of halogens is 5. The Labute approximate surface area is 260 Å². The van der Waals surface area contributed by atoms with Crippen molar-refractivity contribution in [3.05, 3.63) is 107 Å². The predicted molar refractivity (Wildman–Crippen MR) is 155 cm³/mol. The van der Waals surface area contributed by atoms with Crippen LogP contribution >= 0.6 is 0 Å². The largest absolute Gasteiger partial charge is 0.416 e. The van der Waals surface area contributed by atoms with Crippen molar-refractivity contribution in [3.8, 4) is 5.69 Å². The molecule has 0 saturated heterocycles. The van der Waals surface area contributed by atoms with Crippen molar-refractivity contribution in [2.24, 2.45) is 5.41 Å².